The third-order valence-corrected chi connectivity index (χ3v) is 14.2. The standard InChI is InChI=1S/C35H55N5O8S/c1-4-18-36-31(43)29(41)24-14-9-6-5-7-12-19-48-22-25(32(44)40-21-23-27(34(23,2)3)28(40)30(42)37-24)38-33(45)39-35(16-10-8-11-17-35)26-15-13-20-49(26,46)47/h4,23-28H,1,5-22H2,2-3H3,(H,36,43)(H,37,42)(H2,38,39,45)/t23-,24-,25-,26+,27-,28-/m0/s1. The first-order valence-corrected chi connectivity index (χ1v) is 20.0. The van der Waals surface area contributed by atoms with E-state index in [0.29, 0.717) is 51.7 Å². The highest BCUT2D eigenvalue weighted by Crippen LogP contribution is 2.65. The lowest BCUT2D eigenvalue weighted by atomic mass is 9.78. The first-order valence-electron chi connectivity index (χ1n) is 18.2. The average Bonchev–Trinajstić information content (AvgIpc) is 3.37. The van der Waals surface area contributed by atoms with Crippen molar-refractivity contribution in [2.24, 2.45) is 17.3 Å². The van der Waals surface area contributed by atoms with Gasteiger partial charge in [-0.05, 0) is 55.8 Å². The van der Waals surface area contributed by atoms with E-state index in [2.05, 4.69) is 41.7 Å². The molecule has 3 aliphatic heterocycles. The van der Waals surface area contributed by atoms with Crippen LogP contribution in [0.1, 0.15) is 97.3 Å². The molecule has 0 radical (unpaired) electrons. The van der Waals surface area contributed by atoms with Gasteiger partial charge < -0.3 is 30.9 Å². The van der Waals surface area contributed by atoms with Crippen molar-refractivity contribution in [2.45, 2.75) is 126 Å². The number of Topliss-reactive ketones (excluding diaryl/α,β-unsaturated/α-hetero) is 1. The predicted molar refractivity (Wildman–Crippen MR) is 183 cm³/mol. The number of hydrogen-bond donors (Lipinski definition) is 4. The Hall–Kier alpha value is -3.00. The van der Waals surface area contributed by atoms with E-state index in [0.717, 1.165) is 44.9 Å². The summed E-state index contributed by atoms with van der Waals surface area (Å²) in [5.74, 6) is -2.49. The molecule has 0 unspecified atom stereocenters. The lowest BCUT2D eigenvalue weighted by molar-refractivity contribution is -0.144. The number of rotatable bonds is 7. The fourth-order valence-corrected chi connectivity index (χ4v) is 11.3. The Morgan fingerprint density at radius 2 is 1.69 bits per heavy atom. The largest absolute Gasteiger partial charge is 0.379 e. The number of piperidine rings is 1. The summed E-state index contributed by atoms with van der Waals surface area (Å²) in [5, 5.41) is 10.6. The van der Waals surface area contributed by atoms with E-state index in [1.165, 1.54) is 11.0 Å². The van der Waals surface area contributed by atoms with Gasteiger partial charge in [0, 0.05) is 19.7 Å². The van der Waals surface area contributed by atoms with E-state index >= 15 is 0 Å². The van der Waals surface area contributed by atoms with Crippen LogP contribution in [0.4, 0.5) is 4.79 Å². The van der Waals surface area contributed by atoms with Gasteiger partial charge in [0.2, 0.25) is 17.6 Å². The monoisotopic (exact) mass is 705 g/mol. The zero-order valence-corrected chi connectivity index (χ0v) is 29.9. The van der Waals surface area contributed by atoms with Crippen molar-refractivity contribution in [3.63, 3.8) is 0 Å². The van der Waals surface area contributed by atoms with E-state index in [9.17, 15) is 32.4 Å². The minimum atomic E-state index is -3.36. The fraction of sp³-hybridized carbons (Fsp3) is 0.800. The molecule has 5 rings (SSSR count). The van der Waals surface area contributed by atoms with Gasteiger partial charge in [-0.3, -0.25) is 19.2 Å². The molecule has 14 heteroatoms. The van der Waals surface area contributed by atoms with Crippen LogP contribution in [-0.2, 0) is 33.8 Å². The zero-order chi connectivity index (χ0) is 35.4. The molecule has 0 aromatic carbocycles. The lowest BCUT2D eigenvalue weighted by Crippen LogP contribution is -2.64. The van der Waals surface area contributed by atoms with Gasteiger partial charge in [0.15, 0.2) is 9.84 Å². The van der Waals surface area contributed by atoms with E-state index in [1.807, 2.05) is 0 Å². The van der Waals surface area contributed by atoms with Gasteiger partial charge in [-0.2, -0.15) is 0 Å². The molecule has 5 aliphatic rings. The van der Waals surface area contributed by atoms with Gasteiger partial charge in [0.05, 0.1) is 29.2 Å². The van der Waals surface area contributed by atoms with Crippen molar-refractivity contribution in [3.8, 4) is 0 Å². The topological polar surface area (TPSA) is 180 Å². The number of nitrogens with zero attached hydrogens (tertiary/aromatic N) is 1. The second-order valence-corrected chi connectivity index (χ2v) is 17.6. The number of ether oxygens (including phenoxy) is 1. The van der Waals surface area contributed by atoms with Gasteiger partial charge in [-0.15, -0.1) is 6.58 Å². The maximum atomic E-state index is 14.3. The number of urea groups is 1. The Morgan fingerprint density at radius 3 is 2.39 bits per heavy atom. The van der Waals surface area contributed by atoms with Crippen LogP contribution in [0.2, 0.25) is 0 Å². The van der Waals surface area contributed by atoms with Crippen LogP contribution in [-0.4, -0.2) is 104 Å². The van der Waals surface area contributed by atoms with Crippen LogP contribution < -0.4 is 21.3 Å². The average molecular weight is 706 g/mol. The SMILES string of the molecule is C=CCNC(=O)C(=O)[C@@H]1CCCCCCCOC[C@H](NC(=O)NC2([C@H]3CCCS3(=O)=O)CCCCC2)C(=O)N2C[C@H]3[C@@H]([C@H]2C(=O)N1)C3(C)C. The third kappa shape index (κ3) is 8.16. The molecule has 5 fully saturated rings. The van der Waals surface area contributed by atoms with Crippen molar-refractivity contribution < 1.29 is 37.1 Å². The van der Waals surface area contributed by atoms with Gasteiger partial charge in [-0.1, -0.05) is 64.9 Å². The molecule has 0 aromatic rings. The molecule has 0 bridgehead atoms. The molecule has 4 N–H and O–H groups in total. The smallest absolute Gasteiger partial charge is 0.315 e. The Kier molecular flexibility index (Phi) is 11.8. The number of hydrogen-bond acceptors (Lipinski definition) is 8. The second-order valence-electron chi connectivity index (χ2n) is 15.3. The van der Waals surface area contributed by atoms with Crippen molar-refractivity contribution in [1.29, 1.82) is 0 Å². The normalized spacial score (nSPS) is 32.9. The summed E-state index contributed by atoms with van der Waals surface area (Å²) < 4.78 is 32.1. The van der Waals surface area contributed by atoms with Crippen molar-refractivity contribution >= 4 is 39.4 Å². The number of sulfone groups is 1. The van der Waals surface area contributed by atoms with Crippen LogP contribution >= 0.6 is 0 Å². The minimum absolute atomic E-state index is 0.0489. The van der Waals surface area contributed by atoms with Crippen LogP contribution in [0.5, 0.6) is 0 Å². The molecule has 3 saturated heterocycles. The highest BCUT2D eigenvalue weighted by atomic mass is 32.2. The number of ketones is 1. The zero-order valence-electron chi connectivity index (χ0n) is 29.1. The summed E-state index contributed by atoms with van der Waals surface area (Å²) in [7, 11) is -3.36. The van der Waals surface area contributed by atoms with Gasteiger partial charge in [-0.25, -0.2) is 13.2 Å². The van der Waals surface area contributed by atoms with Crippen molar-refractivity contribution in [2.75, 3.05) is 32.1 Å². The lowest BCUT2D eigenvalue weighted by Gasteiger charge is -2.42. The number of fused-ring (bicyclic) bond motifs is 3. The number of carbonyl (C=O) groups is 5. The van der Waals surface area contributed by atoms with E-state index in [1.54, 1.807) is 0 Å². The maximum absolute atomic E-state index is 14.3. The molecule has 0 spiro atoms. The van der Waals surface area contributed by atoms with E-state index in [-0.39, 0.29) is 36.2 Å². The number of amides is 5. The molecular weight excluding hydrogens is 650 g/mol. The van der Waals surface area contributed by atoms with E-state index in [4.69, 9.17) is 4.74 Å². The third-order valence-electron chi connectivity index (χ3n) is 11.7. The van der Waals surface area contributed by atoms with Crippen LogP contribution in [0.3, 0.4) is 0 Å². The van der Waals surface area contributed by atoms with Crippen molar-refractivity contribution in [3.05, 3.63) is 12.7 Å². The summed E-state index contributed by atoms with van der Waals surface area (Å²) in [6.07, 6.45) is 10.4. The number of carbonyl (C=O) groups excluding carboxylic acids is 5. The van der Waals surface area contributed by atoms with Gasteiger partial charge in [0.25, 0.3) is 5.91 Å². The quantitative estimate of drug-likeness (QED) is 0.230. The molecule has 49 heavy (non-hydrogen) atoms. The van der Waals surface area contributed by atoms with E-state index < -0.39 is 68.3 Å². The fourth-order valence-electron chi connectivity index (χ4n) is 8.95. The second kappa shape index (κ2) is 15.5. The Morgan fingerprint density at radius 1 is 1.00 bits per heavy atom. The maximum Gasteiger partial charge on any atom is 0.315 e. The predicted octanol–water partition coefficient (Wildman–Crippen LogP) is 2.14. The molecule has 3 heterocycles. The Labute approximate surface area is 290 Å². The minimum Gasteiger partial charge on any atom is -0.379 e. The molecule has 2 saturated carbocycles. The summed E-state index contributed by atoms with van der Waals surface area (Å²) >= 11 is 0. The summed E-state index contributed by atoms with van der Waals surface area (Å²) in [5.41, 5.74) is -1.11. The Bertz CT molecular complexity index is 1390. The molecular formula is C35H55N5O8S. The molecule has 5 amide bonds. The number of nitrogens with one attached hydrogen (secondary N) is 4. The highest BCUT2D eigenvalue weighted by molar-refractivity contribution is 7.92. The molecule has 2 aliphatic carbocycles. The highest BCUT2D eigenvalue weighted by Gasteiger charge is 2.69. The van der Waals surface area contributed by atoms with Gasteiger partial charge >= 0.3 is 6.03 Å². The summed E-state index contributed by atoms with van der Waals surface area (Å²) in [6, 6.07) is -3.67. The molecule has 6 atom stereocenters. The van der Waals surface area contributed by atoms with Gasteiger partial charge in [0.1, 0.15) is 12.1 Å². The first-order chi connectivity index (χ1) is 23.3. The Balaban J connectivity index is 1.37. The van der Waals surface area contributed by atoms with Crippen molar-refractivity contribution in [1.82, 2.24) is 26.2 Å². The summed E-state index contributed by atoms with van der Waals surface area (Å²) in [6.45, 7) is 8.37. The first kappa shape index (κ1) is 37.3. The molecule has 13 nitrogen and oxygen atoms in total. The molecule has 0 aromatic heterocycles. The van der Waals surface area contributed by atoms with Crippen LogP contribution in [0, 0.1) is 17.3 Å². The van der Waals surface area contributed by atoms with Crippen LogP contribution in [0.15, 0.2) is 12.7 Å². The molecule has 274 valence electrons. The summed E-state index contributed by atoms with van der Waals surface area (Å²) in [4.78, 5) is 69.5. The van der Waals surface area contributed by atoms with Crippen LogP contribution in [0.25, 0.3) is 0 Å².